The van der Waals surface area contributed by atoms with Gasteiger partial charge in [-0.2, -0.15) is 0 Å². The van der Waals surface area contributed by atoms with Gasteiger partial charge in [0.15, 0.2) is 11.5 Å². The van der Waals surface area contributed by atoms with E-state index in [1.807, 2.05) is 28.8 Å². The summed E-state index contributed by atoms with van der Waals surface area (Å²) in [5.41, 5.74) is 8.07. The third-order valence-corrected chi connectivity index (χ3v) is 2.93. The molecule has 17 heavy (non-hydrogen) atoms. The molecule has 0 amide bonds. The number of pyridine rings is 2. The summed E-state index contributed by atoms with van der Waals surface area (Å²) in [6.07, 6.45) is 5.20. The Morgan fingerprint density at radius 2 is 2.06 bits per heavy atom. The summed E-state index contributed by atoms with van der Waals surface area (Å²) in [5.74, 6) is 0.709. The van der Waals surface area contributed by atoms with E-state index in [0.717, 1.165) is 15.7 Å². The van der Waals surface area contributed by atoms with Crippen molar-refractivity contribution in [3.05, 3.63) is 41.3 Å². The van der Waals surface area contributed by atoms with Crippen molar-refractivity contribution >= 4 is 27.3 Å². The second kappa shape index (κ2) is 3.81. The van der Waals surface area contributed by atoms with Crippen molar-refractivity contribution in [1.29, 1.82) is 0 Å². The van der Waals surface area contributed by atoms with Crippen LogP contribution in [0.4, 0.5) is 5.69 Å². The second-order valence-corrected chi connectivity index (χ2v) is 4.48. The summed E-state index contributed by atoms with van der Waals surface area (Å²) in [6.45, 7) is 0. The standard InChI is InChI=1S/C11H8BrN5/c12-7-1-2-10-15-16-11(17(10)6-7)8-3-4-14-5-9(8)13/h1-6H,13H2. The lowest BCUT2D eigenvalue weighted by Gasteiger charge is -2.03. The molecule has 3 aromatic heterocycles. The first-order valence-corrected chi connectivity index (χ1v) is 5.75. The molecule has 3 rings (SSSR count). The first-order valence-electron chi connectivity index (χ1n) is 4.96. The third-order valence-electron chi connectivity index (χ3n) is 2.46. The zero-order valence-corrected chi connectivity index (χ0v) is 10.3. The highest BCUT2D eigenvalue weighted by Gasteiger charge is 2.10. The number of nitrogens with zero attached hydrogens (tertiary/aromatic N) is 4. The van der Waals surface area contributed by atoms with Gasteiger partial charge in [0.1, 0.15) is 0 Å². The molecule has 0 spiro atoms. The normalized spacial score (nSPS) is 10.9. The van der Waals surface area contributed by atoms with Gasteiger partial charge in [0.05, 0.1) is 11.9 Å². The van der Waals surface area contributed by atoms with E-state index in [2.05, 4.69) is 31.1 Å². The number of nitrogens with two attached hydrogens (primary N) is 1. The van der Waals surface area contributed by atoms with E-state index >= 15 is 0 Å². The van der Waals surface area contributed by atoms with Crippen LogP contribution in [-0.2, 0) is 0 Å². The maximum atomic E-state index is 5.89. The summed E-state index contributed by atoms with van der Waals surface area (Å²) in [4.78, 5) is 3.96. The number of rotatable bonds is 1. The lowest BCUT2D eigenvalue weighted by atomic mass is 10.2. The predicted molar refractivity (Wildman–Crippen MR) is 68.3 cm³/mol. The molecule has 0 fully saturated rings. The number of fused-ring (bicyclic) bond motifs is 1. The van der Waals surface area contributed by atoms with Crippen LogP contribution in [0.15, 0.2) is 41.3 Å². The molecular weight excluding hydrogens is 282 g/mol. The highest BCUT2D eigenvalue weighted by molar-refractivity contribution is 9.10. The Labute approximate surface area is 105 Å². The number of anilines is 1. The summed E-state index contributed by atoms with van der Waals surface area (Å²) in [6, 6.07) is 5.63. The highest BCUT2D eigenvalue weighted by Crippen LogP contribution is 2.24. The number of hydrogen-bond donors (Lipinski definition) is 1. The smallest absolute Gasteiger partial charge is 0.170 e. The van der Waals surface area contributed by atoms with Gasteiger partial charge in [-0.05, 0) is 34.1 Å². The van der Waals surface area contributed by atoms with Gasteiger partial charge in [-0.25, -0.2) is 0 Å². The molecule has 6 heteroatoms. The molecule has 0 saturated carbocycles. The largest absolute Gasteiger partial charge is 0.397 e. The minimum atomic E-state index is 0.585. The topological polar surface area (TPSA) is 69.1 Å². The molecule has 0 aliphatic carbocycles. The minimum Gasteiger partial charge on any atom is -0.397 e. The number of aromatic nitrogens is 4. The van der Waals surface area contributed by atoms with E-state index in [4.69, 9.17) is 5.73 Å². The monoisotopic (exact) mass is 289 g/mol. The third kappa shape index (κ3) is 1.66. The Morgan fingerprint density at radius 3 is 2.88 bits per heavy atom. The fraction of sp³-hybridized carbons (Fsp3) is 0. The van der Waals surface area contributed by atoms with Gasteiger partial charge in [0.2, 0.25) is 0 Å². The van der Waals surface area contributed by atoms with Crippen LogP contribution in [0.5, 0.6) is 0 Å². The van der Waals surface area contributed by atoms with Crippen LogP contribution >= 0.6 is 15.9 Å². The molecule has 3 heterocycles. The van der Waals surface area contributed by atoms with Gasteiger partial charge in [-0.3, -0.25) is 9.38 Å². The van der Waals surface area contributed by atoms with E-state index < -0.39 is 0 Å². The molecule has 0 aliphatic heterocycles. The van der Waals surface area contributed by atoms with Gasteiger partial charge in [0.25, 0.3) is 0 Å². The molecule has 5 nitrogen and oxygen atoms in total. The fourth-order valence-electron chi connectivity index (χ4n) is 1.66. The lowest BCUT2D eigenvalue weighted by molar-refractivity contribution is 1.11. The molecular formula is C11H8BrN5. The van der Waals surface area contributed by atoms with Crippen molar-refractivity contribution in [3.8, 4) is 11.4 Å². The predicted octanol–water partition coefficient (Wildman–Crippen LogP) is 2.14. The average molecular weight is 290 g/mol. The maximum absolute atomic E-state index is 5.89. The van der Waals surface area contributed by atoms with E-state index in [0.29, 0.717) is 11.5 Å². The summed E-state index contributed by atoms with van der Waals surface area (Å²) in [7, 11) is 0. The molecule has 3 aromatic rings. The summed E-state index contributed by atoms with van der Waals surface area (Å²) < 4.78 is 2.84. The SMILES string of the molecule is Nc1cnccc1-c1nnc2ccc(Br)cn12. The van der Waals surface area contributed by atoms with Crippen molar-refractivity contribution in [2.75, 3.05) is 5.73 Å². The van der Waals surface area contributed by atoms with Gasteiger partial charge in [0, 0.05) is 22.4 Å². The van der Waals surface area contributed by atoms with E-state index in [-0.39, 0.29) is 0 Å². The minimum absolute atomic E-state index is 0.585. The van der Waals surface area contributed by atoms with Crippen LogP contribution in [0.25, 0.3) is 17.0 Å². The van der Waals surface area contributed by atoms with Gasteiger partial charge >= 0.3 is 0 Å². The Morgan fingerprint density at radius 1 is 1.18 bits per heavy atom. The Bertz CT molecular complexity index is 691. The molecule has 0 unspecified atom stereocenters. The van der Waals surface area contributed by atoms with Crippen molar-refractivity contribution in [3.63, 3.8) is 0 Å². The molecule has 0 radical (unpaired) electrons. The van der Waals surface area contributed by atoms with E-state index in [1.54, 1.807) is 12.4 Å². The van der Waals surface area contributed by atoms with E-state index in [9.17, 15) is 0 Å². The lowest BCUT2D eigenvalue weighted by Crippen LogP contribution is -1.95. The molecule has 0 bridgehead atoms. The fourth-order valence-corrected chi connectivity index (χ4v) is 2.00. The Kier molecular flexibility index (Phi) is 2.29. The van der Waals surface area contributed by atoms with Crippen molar-refractivity contribution in [2.24, 2.45) is 0 Å². The van der Waals surface area contributed by atoms with Crippen LogP contribution in [0, 0.1) is 0 Å². The molecule has 0 saturated heterocycles. The quantitative estimate of drug-likeness (QED) is 0.745. The number of hydrogen-bond acceptors (Lipinski definition) is 4. The molecule has 84 valence electrons. The van der Waals surface area contributed by atoms with Crippen LogP contribution in [0.1, 0.15) is 0 Å². The maximum Gasteiger partial charge on any atom is 0.170 e. The summed E-state index contributed by atoms with van der Waals surface area (Å²) in [5, 5.41) is 8.25. The van der Waals surface area contributed by atoms with Crippen molar-refractivity contribution in [2.45, 2.75) is 0 Å². The number of halogens is 1. The zero-order chi connectivity index (χ0) is 11.8. The first-order chi connectivity index (χ1) is 8.25. The Hall–Kier alpha value is -1.95. The van der Waals surface area contributed by atoms with Gasteiger partial charge in [-0.1, -0.05) is 0 Å². The molecule has 0 atom stereocenters. The van der Waals surface area contributed by atoms with Gasteiger partial charge < -0.3 is 5.73 Å². The molecule has 0 aromatic carbocycles. The molecule has 2 N–H and O–H groups in total. The van der Waals surface area contributed by atoms with Crippen molar-refractivity contribution < 1.29 is 0 Å². The molecule has 0 aliphatic rings. The first kappa shape index (κ1) is 10.2. The van der Waals surface area contributed by atoms with E-state index in [1.165, 1.54) is 0 Å². The highest BCUT2D eigenvalue weighted by atomic mass is 79.9. The van der Waals surface area contributed by atoms with Crippen LogP contribution in [0.3, 0.4) is 0 Å². The number of nitrogen functional groups attached to an aromatic ring is 1. The van der Waals surface area contributed by atoms with Crippen LogP contribution in [-0.4, -0.2) is 19.6 Å². The zero-order valence-electron chi connectivity index (χ0n) is 8.71. The second-order valence-electron chi connectivity index (χ2n) is 3.56. The summed E-state index contributed by atoms with van der Waals surface area (Å²) >= 11 is 3.42. The van der Waals surface area contributed by atoms with Crippen LogP contribution < -0.4 is 5.73 Å². The van der Waals surface area contributed by atoms with Crippen molar-refractivity contribution in [1.82, 2.24) is 19.6 Å². The van der Waals surface area contributed by atoms with Gasteiger partial charge in [-0.15, -0.1) is 10.2 Å². The van der Waals surface area contributed by atoms with Crippen LogP contribution in [0.2, 0.25) is 0 Å². The average Bonchev–Trinajstić information content (AvgIpc) is 2.72. The Balaban J connectivity index is 2.31.